The fourth-order valence-corrected chi connectivity index (χ4v) is 20.5. The third kappa shape index (κ3) is 12.2. The SMILES string of the molecule is CCCCCCc1cc(-c2sc(-c3cc4c(s3)-c3sc(-c5cc(CCCCCC)c(-c6cc(CCCCCC)c(C=C(C#N)C#N)s6)s5)cc3C43c4ccccc4N(c4ccccc4)c4ccccc43)cc2CCCCCC)sc1C=C(C#N)C#N. The third-order valence-corrected chi connectivity index (χ3v) is 24.8. The van der Waals surface area contributed by atoms with E-state index in [0.29, 0.717) is 0 Å². The highest BCUT2D eigenvalue weighted by molar-refractivity contribution is 7.31. The van der Waals surface area contributed by atoms with Gasteiger partial charge in [-0.3, -0.25) is 0 Å². The number of thiophene rings is 6. The highest BCUT2D eigenvalue weighted by Crippen LogP contribution is 2.68. The number of nitrogens with zero attached hydrogens (tertiary/aromatic N) is 5. The molecule has 1 spiro atoms. The van der Waals surface area contributed by atoms with E-state index in [1.807, 2.05) is 57.5 Å². The molecular formula is C75H73N5S6. The summed E-state index contributed by atoms with van der Waals surface area (Å²) in [4.78, 5) is 17.4. The van der Waals surface area contributed by atoms with E-state index in [2.05, 4.69) is 172 Å². The van der Waals surface area contributed by atoms with Crippen LogP contribution in [0.5, 0.6) is 0 Å². The van der Waals surface area contributed by atoms with Gasteiger partial charge in [0.2, 0.25) is 0 Å². The maximum absolute atomic E-state index is 9.92. The molecule has 1 aliphatic heterocycles. The van der Waals surface area contributed by atoms with Crippen LogP contribution < -0.4 is 4.90 Å². The Balaban J connectivity index is 1.10. The summed E-state index contributed by atoms with van der Waals surface area (Å²) < 4.78 is 0. The first-order valence-electron chi connectivity index (χ1n) is 31.2. The molecule has 86 heavy (non-hydrogen) atoms. The summed E-state index contributed by atoms with van der Waals surface area (Å²) in [7, 11) is 0. The number of allylic oxidation sites excluding steroid dienone is 2. The maximum Gasteiger partial charge on any atom is 0.131 e. The van der Waals surface area contributed by atoms with E-state index in [1.54, 1.807) is 22.7 Å². The lowest BCUT2D eigenvalue weighted by molar-refractivity contribution is 0.667. The van der Waals surface area contributed by atoms with Crippen molar-refractivity contribution < 1.29 is 0 Å². The lowest BCUT2D eigenvalue weighted by atomic mass is 9.65. The first-order valence-corrected chi connectivity index (χ1v) is 36.1. The zero-order valence-corrected chi connectivity index (χ0v) is 54.9. The van der Waals surface area contributed by atoms with Gasteiger partial charge in [0.05, 0.1) is 26.5 Å². The van der Waals surface area contributed by atoms with Crippen molar-refractivity contribution in [1.82, 2.24) is 0 Å². The third-order valence-electron chi connectivity index (χ3n) is 17.1. The Kier molecular flexibility index (Phi) is 20.0. The van der Waals surface area contributed by atoms with Gasteiger partial charge in [0.15, 0.2) is 0 Å². The van der Waals surface area contributed by atoms with Gasteiger partial charge in [-0.2, -0.15) is 21.0 Å². The van der Waals surface area contributed by atoms with Crippen LogP contribution >= 0.6 is 68.0 Å². The van der Waals surface area contributed by atoms with Gasteiger partial charge in [-0.15, -0.1) is 68.0 Å². The number of hydrogen-bond donors (Lipinski definition) is 0. The fourth-order valence-electron chi connectivity index (χ4n) is 12.8. The molecule has 0 bridgehead atoms. The smallest absolute Gasteiger partial charge is 0.131 e. The summed E-state index contributed by atoms with van der Waals surface area (Å²) in [6.07, 6.45) is 26.2. The molecule has 0 unspecified atom stereocenters. The van der Waals surface area contributed by atoms with Crippen molar-refractivity contribution in [2.45, 2.75) is 162 Å². The molecule has 9 aromatic rings. The summed E-state index contributed by atoms with van der Waals surface area (Å²) in [5, 5.41) is 39.7. The fraction of sp³-hybridized carbons (Fsp3) is 0.333. The second-order valence-corrected chi connectivity index (χ2v) is 29.3. The molecule has 0 N–H and O–H groups in total. The van der Waals surface area contributed by atoms with Crippen LogP contribution in [0.2, 0.25) is 0 Å². The van der Waals surface area contributed by atoms with Crippen molar-refractivity contribution in [1.29, 1.82) is 21.0 Å². The van der Waals surface area contributed by atoms with Gasteiger partial charge in [0.1, 0.15) is 35.4 Å². The van der Waals surface area contributed by atoms with Crippen molar-refractivity contribution in [2.24, 2.45) is 0 Å². The van der Waals surface area contributed by atoms with Crippen LogP contribution in [0.3, 0.4) is 0 Å². The first-order chi connectivity index (χ1) is 42.3. The Morgan fingerprint density at radius 2 is 0.721 bits per heavy atom. The van der Waals surface area contributed by atoms with Crippen molar-refractivity contribution in [3.63, 3.8) is 0 Å². The summed E-state index contributed by atoms with van der Waals surface area (Å²) in [5.41, 5.74) is 13.7. The predicted molar refractivity (Wildman–Crippen MR) is 371 cm³/mol. The average Bonchev–Trinajstić information content (AvgIpc) is 1.47. The molecule has 11 rings (SSSR count). The lowest BCUT2D eigenvalue weighted by Gasteiger charge is -2.44. The largest absolute Gasteiger partial charge is 0.310 e. The van der Waals surface area contributed by atoms with Gasteiger partial charge in [0, 0.05) is 54.5 Å². The zero-order chi connectivity index (χ0) is 59.6. The minimum Gasteiger partial charge on any atom is -0.310 e. The predicted octanol–water partition coefficient (Wildman–Crippen LogP) is 24.2. The van der Waals surface area contributed by atoms with E-state index in [-0.39, 0.29) is 11.1 Å². The van der Waals surface area contributed by atoms with Gasteiger partial charge < -0.3 is 4.90 Å². The van der Waals surface area contributed by atoms with Crippen LogP contribution in [0, 0.1) is 45.3 Å². The van der Waals surface area contributed by atoms with Crippen LogP contribution in [0.1, 0.15) is 185 Å². The van der Waals surface area contributed by atoms with Crippen LogP contribution in [-0.4, -0.2) is 0 Å². The molecule has 3 aromatic carbocycles. The first kappa shape index (κ1) is 60.8. The Bertz CT molecular complexity index is 3820. The molecule has 0 saturated carbocycles. The summed E-state index contributed by atoms with van der Waals surface area (Å²) >= 11 is 11.2. The van der Waals surface area contributed by atoms with Crippen molar-refractivity contribution >= 4 is 97.2 Å². The molecule has 0 atom stereocenters. The number of unbranched alkanes of at least 4 members (excludes halogenated alkanes) is 12. The van der Waals surface area contributed by atoms with Gasteiger partial charge in [0.25, 0.3) is 0 Å². The zero-order valence-electron chi connectivity index (χ0n) is 50.0. The van der Waals surface area contributed by atoms with Crippen molar-refractivity contribution in [3.05, 3.63) is 181 Å². The van der Waals surface area contributed by atoms with Gasteiger partial charge in [-0.25, -0.2) is 0 Å². The molecule has 5 nitrogen and oxygen atoms in total. The lowest BCUT2D eigenvalue weighted by Crippen LogP contribution is -2.35. The van der Waals surface area contributed by atoms with E-state index >= 15 is 0 Å². The van der Waals surface area contributed by atoms with E-state index in [0.717, 1.165) is 79.6 Å². The Morgan fingerprint density at radius 3 is 1.12 bits per heavy atom. The minimum absolute atomic E-state index is 0.151. The van der Waals surface area contributed by atoms with Crippen LogP contribution in [0.25, 0.3) is 60.9 Å². The Labute approximate surface area is 534 Å². The molecule has 6 aromatic heterocycles. The number of nitriles is 4. The molecule has 0 radical (unpaired) electrons. The summed E-state index contributed by atoms with van der Waals surface area (Å²) in [6, 6.07) is 52.6. The number of rotatable bonds is 27. The molecule has 7 heterocycles. The molecule has 0 saturated heterocycles. The van der Waals surface area contributed by atoms with Crippen LogP contribution in [-0.2, 0) is 31.1 Å². The van der Waals surface area contributed by atoms with E-state index in [4.69, 9.17) is 0 Å². The molecule has 0 fully saturated rings. The van der Waals surface area contributed by atoms with E-state index in [9.17, 15) is 21.0 Å². The topological polar surface area (TPSA) is 98.4 Å². The van der Waals surface area contributed by atoms with Gasteiger partial charge in [-0.05, 0) is 169 Å². The second kappa shape index (κ2) is 28.3. The number of anilines is 3. The molecule has 1 aliphatic carbocycles. The van der Waals surface area contributed by atoms with Crippen LogP contribution in [0.4, 0.5) is 17.1 Å². The minimum atomic E-state index is -0.611. The van der Waals surface area contributed by atoms with E-state index < -0.39 is 5.41 Å². The molecule has 0 amide bonds. The number of aryl methyl sites for hydroxylation is 4. The van der Waals surface area contributed by atoms with Crippen molar-refractivity contribution in [3.8, 4) is 73.0 Å². The normalized spacial score (nSPS) is 12.4. The maximum atomic E-state index is 9.92. The molecule has 434 valence electrons. The highest BCUT2D eigenvalue weighted by Gasteiger charge is 2.54. The molecular weight excluding hydrogens is 1160 g/mol. The highest BCUT2D eigenvalue weighted by atomic mass is 32.1. The van der Waals surface area contributed by atoms with Gasteiger partial charge in [-0.1, -0.05) is 159 Å². The standard InChI is InChI=1S/C75H73N5S6/c1-5-9-13-18-28-52-40-69(81-63(52)38-50(46-76)47-77)71-54(30-20-15-11-7-3)42-65(83-71)67-44-59-73(85-67)74-60(75(59)57-34-24-26-36-61(57)80(56-32-22-17-23-33-56)62-37-27-25-35-58(62)75)45-68(86-74)66-43-55(31-21-16-12-8-4)72(84-66)70-41-53(29-19-14-10-6-2)64(82-70)39-51(48-78)49-79/h17,22-27,32-45H,5-16,18-21,28-31H2,1-4H3. The quantitative estimate of drug-likeness (QED) is 0.0377. The molecule has 2 aliphatic rings. The van der Waals surface area contributed by atoms with Crippen molar-refractivity contribution in [2.75, 3.05) is 4.90 Å². The van der Waals surface area contributed by atoms with Gasteiger partial charge >= 0.3 is 0 Å². The average molecular weight is 1240 g/mol. The molecule has 11 heteroatoms. The van der Waals surface area contributed by atoms with Crippen LogP contribution in [0.15, 0.2) is 126 Å². The monoisotopic (exact) mass is 1240 g/mol. The summed E-state index contributed by atoms with van der Waals surface area (Å²) in [5.74, 6) is 0. The Hall–Kier alpha value is -6.90. The second-order valence-electron chi connectivity index (χ2n) is 22.9. The Morgan fingerprint density at radius 1 is 0.372 bits per heavy atom. The number of fused-ring (bicyclic) bond motifs is 9. The number of hydrogen-bond acceptors (Lipinski definition) is 11. The number of para-hydroxylation sites is 3. The summed E-state index contributed by atoms with van der Waals surface area (Å²) in [6.45, 7) is 9.05. The number of benzene rings is 3. The van der Waals surface area contributed by atoms with E-state index in [1.165, 1.54) is 169 Å².